The molecule has 1 aliphatic heterocycles. The molecule has 1 aromatic heterocycles. The molecule has 1 aromatic carbocycles. The van der Waals surface area contributed by atoms with Crippen molar-refractivity contribution in [2.24, 2.45) is 0 Å². The van der Waals surface area contributed by atoms with Gasteiger partial charge < -0.3 is 9.64 Å². The van der Waals surface area contributed by atoms with Crippen LogP contribution in [0.2, 0.25) is 0 Å². The quantitative estimate of drug-likeness (QED) is 0.727. The van der Waals surface area contributed by atoms with Crippen molar-refractivity contribution in [1.29, 1.82) is 0 Å². The second-order valence-electron chi connectivity index (χ2n) is 7.40. The van der Waals surface area contributed by atoms with E-state index < -0.39 is 0 Å². The lowest BCUT2D eigenvalue weighted by Gasteiger charge is -2.26. The van der Waals surface area contributed by atoms with Crippen molar-refractivity contribution in [2.45, 2.75) is 51.7 Å². The van der Waals surface area contributed by atoms with Crippen LogP contribution in [0.15, 0.2) is 24.3 Å². The van der Waals surface area contributed by atoms with Gasteiger partial charge >= 0.3 is 0 Å². The molecule has 1 unspecified atom stereocenters. The fourth-order valence-corrected chi connectivity index (χ4v) is 3.53. The molecule has 0 saturated carbocycles. The van der Waals surface area contributed by atoms with E-state index >= 15 is 0 Å². The summed E-state index contributed by atoms with van der Waals surface area (Å²) in [4.78, 5) is 16.9. The number of amides is 1. The van der Waals surface area contributed by atoms with E-state index in [1.54, 1.807) is 16.7 Å². The summed E-state index contributed by atoms with van der Waals surface area (Å²) in [5.41, 5.74) is 1.02. The van der Waals surface area contributed by atoms with Crippen LogP contribution in [-0.4, -0.2) is 63.2 Å². The molecule has 8 heteroatoms. The summed E-state index contributed by atoms with van der Waals surface area (Å²) in [6.07, 6.45) is 4.99. The lowest BCUT2D eigenvalue weighted by molar-refractivity contribution is -0.132. The van der Waals surface area contributed by atoms with E-state index in [1.807, 2.05) is 38.2 Å². The highest BCUT2D eigenvalue weighted by atomic mass is 16.5. The van der Waals surface area contributed by atoms with Gasteiger partial charge in [0.2, 0.25) is 5.91 Å². The van der Waals surface area contributed by atoms with Gasteiger partial charge in [-0.1, -0.05) is 25.0 Å². The van der Waals surface area contributed by atoms with E-state index in [0.29, 0.717) is 6.54 Å². The highest BCUT2D eigenvalue weighted by Crippen LogP contribution is 2.23. The number of tetrazole rings is 1. The van der Waals surface area contributed by atoms with E-state index in [-0.39, 0.29) is 18.5 Å². The molecule has 1 aliphatic rings. The van der Waals surface area contributed by atoms with Crippen LogP contribution in [0.3, 0.4) is 0 Å². The smallest absolute Gasteiger partial charge is 0.244 e. The lowest BCUT2D eigenvalue weighted by atomic mass is 10.1. The summed E-state index contributed by atoms with van der Waals surface area (Å²) in [5.74, 6) is 1.50. The molecule has 3 rings (SSSR count). The summed E-state index contributed by atoms with van der Waals surface area (Å²) in [5, 5.41) is 12.0. The summed E-state index contributed by atoms with van der Waals surface area (Å²) in [6, 6.07) is 7.71. The summed E-state index contributed by atoms with van der Waals surface area (Å²) >= 11 is 0. The molecule has 0 aliphatic carbocycles. The number of likely N-dealkylation sites (tertiary alicyclic amines) is 1. The normalized spacial score (nSPS) is 16.4. The van der Waals surface area contributed by atoms with Crippen molar-refractivity contribution in [3.63, 3.8) is 0 Å². The van der Waals surface area contributed by atoms with Gasteiger partial charge in [0.05, 0.1) is 19.7 Å². The van der Waals surface area contributed by atoms with Gasteiger partial charge in [0.15, 0.2) is 5.82 Å². The van der Waals surface area contributed by atoms with Crippen LogP contribution in [0, 0.1) is 0 Å². The molecule has 8 nitrogen and oxygen atoms in total. The molecule has 1 amide bonds. The summed E-state index contributed by atoms with van der Waals surface area (Å²) < 4.78 is 6.92. The first-order valence-electron chi connectivity index (χ1n) is 9.95. The monoisotopic (exact) mass is 386 g/mol. The van der Waals surface area contributed by atoms with Gasteiger partial charge in [-0.2, -0.15) is 0 Å². The third kappa shape index (κ3) is 5.07. The molecule has 28 heavy (non-hydrogen) atoms. The number of rotatable bonds is 7. The van der Waals surface area contributed by atoms with Crippen molar-refractivity contribution in [2.75, 3.05) is 27.2 Å². The number of carbonyl (C=O) groups is 1. The number of methoxy groups -OCH3 is 1. The molecule has 2 heterocycles. The Morgan fingerprint density at radius 2 is 2.00 bits per heavy atom. The zero-order chi connectivity index (χ0) is 19.9. The van der Waals surface area contributed by atoms with Gasteiger partial charge in [-0.3, -0.25) is 9.69 Å². The highest BCUT2D eigenvalue weighted by molar-refractivity contribution is 5.76. The van der Waals surface area contributed by atoms with E-state index in [9.17, 15) is 4.79 Å². The zero-order valence-corrected chi connectivity index (χ0v) is 17.0. The van der Waals surface area contributed by atoms with Crippen molar-refractivity contribution in [1.82, 2.24) is 30.0 Å². The second-order valence-corrected chi connectivity index (χ2v) is 7.40. The number of likely N-dealkylation sites (N-methyl/N-ethyl adjacent to an activating group) is 1. The van der Waals surface area contributed by atoms with E-state index in [4.69, 9.17) is 4.74 Å². The first kappa shape index (κ1) is 20.3. The SMILES string of the molecule is COc1cccc(C(C)N(C)C(=O)Cn2nnnc2CN2CCCCCC2)c1. The Balaban J connectivity index is 1.63. The number of hydrogen-bond donors (Lipinski definition) is 0. The Kier molecular flexibility index (Phi) is 6.97. The minimum Gasteiger partial charge on any atom is -0.497 e. The average Bonchev–Trinajstić information content (AvgIpc) is 2.98. The Hall–Kier alpha value is -2.48. The lowest BCUT2D eigenvalue weighted by Crippen LogP contribution is -2.34. The van der Waals surface area contributed by atoms with E-state index in [0.717, 1.165) is 30.2 Å². The van der Waals surface area contributed by atoms with Crippen LogP contribution in [0.25, 0.3) is 0 Å². The van der Waals surface area contributed by atoms with E-state index in [1.165, 1.54) is 25.7 Å². The van der Waals surface area contributed by atoms with Gasteiger partial charge in [0.25, 0.3) is 0 Å². The van der Waals surface area contributed by atoms with Gasteiger partial charge in [-0.15, -0.1) is 5.10 Å². The standard InChI is InChI=1S/C20H30N6O2/c1-16(17-9-8-10-18(13-17)28-3)24(2)20(27)15-26-19(21-22-23-26)14-25-11-6-4-5-7-12-25/h8-10,13,16H,4-7,11-12,14-15H2,1-3H3. The minimum atomic E-state index is -0.0758. The van der Waals surface area contributed by atoms with Crippen LogP contribution in [0.4, 0.5) is 0 Å². The van der Waals surface area contributed by atoms with Crippen LogP contribution < -0.4 is 4.74 Å². The van der Waals surface area contributed by atoms with Gasteiger partial charge in [-0.25, -0.2) is 4.68 Å². The summed E-state index contributed by atoms with van der Waals surface area (Å²) in [7, 11) is 3.45. The Morgan fingerprint density at radius 1 is 1.25 bits per heavy atom. The average molecular weight is 387 g/mol. The molecular weight excluding hydrogens is 356 g/mol. The number of hydrogen-bond acceptors (Lipinski definition) is 6. The number of carbonyl (C=O) groups excluding carboxylic acids is 1. The molecule has 1 saturated heterocycles. The minimum absolute atomic E-state index is 0.0280. The topological polar surface area (TPSA) is 76.4 Å². The molecule has 0 spiro atoms. The number of aromatic nitrogens is 4. The fourth-order valence-electron chi connectivity index (χ4n) is 3.53. The van der Waals surface area contributed by atoms with Crippen molar-refractivity contribution in [3.05, 3.63) is 35.7 Å². The van der Waals surface area contributed by atoms with Gasteiger partial charge in [0.1, 0.15) is 12.3 Å². The molecule has 0 N–H and O–H groups in total. The largest absolute Gasteiger partial charge is 0.497 e. The maximum Gasteiger partial charge on any atom is 0.244 e. The second kappa shape index (κ2) is 9.64. The molecular formula is C20H30N6O2. The predicted molar refractivity (Wildman–Crippen MR) is 106 cm³/mol. The van der Waals surface area contributed by atoms with Gasteiger partial charge in [0, 0.05) is 7.05 Å². The van der Waals surface area contributed by atoms with Crippen molar-refractivity contribution >= 4 is 5.91 Å². The Bertz CT molecular complexity index is 770. The molecule has 1 atom stereocenters. The Labute approximate surface area is 166 Å². The van der Waals surface area contributed by atoms with Crippen molar-refractivity contribution < 1.29 is 9.53 Å². The van der Waals surface area contributed by atoms with Crippen LogP contribution >= 0.6 is 0 Å². The predicted octanol–water partition coefficient (Wildman–Crippen LogP) is 2.28. The maximum atomic E-state index is 12.8. The molecule has 0 radical (unpaired) electrons. The number of nitrogens with zero attached hydrogens (tertiary/aromatic N) is 6. The summed E-state index contributed by atoms with van der Waals surface area (Å²) in [6.45, 7) is 4.96. The molecule has 152 valence electrons. The first-order chi connectivity index (χ1) is 13.6. The number of ether oxygens (including phenoxy) is 1. The van der Waals surface area contributed by atoms with Crippen LogP contribution in [0.1, 0.15) is 50.0 Å². The molecule has 2 aromatic rings. The van der Waals surface area contributed by atoms with Crippen LogP contribution in [-0.2, 0) is 17.9 Å². The zero-order valence-electron chi connectivity index (χ0n) is 17.0. The van der Waals surface area contributed by atoms with Crippen LogP contribution in [0.5, 0.6) is 5.75 Å². The number of benzene rings is 1. The van der Waals surface area contributed by atoms with Crippen molar-refractivity contribution in [3.8, 4) is 5.75 Å². The third-order valence-corrected chi connectivity index (χ3v) is 5.51. The maximum absolute atomic E-state index is 12.8. The molecule has 1 fully saturated rings. The Morgan fingerprint density at radius 3 is 2.71 bits per heavy atom. The third-order valence-electron chi connectivity index (χ3n) is 5.51. The fraction of sp³-hybridized carbons (Fsp3) is 0.600. The highest BCUT2D eigenvalue weighted by Gasteiger charge is 2.21. The van der Waals surface area contributed by atoms with E-state index in [2.05, 4.69) is 20.4 Å². The van der Waals surface area contributed by atoms with Gasteiger partial charge in [-0.05, 0) is 61.0 Å². The molecule has 0 bridgehead atoms. The first-order valence-corrected chi connectivity index (χ1v) is 9.95.